The van der Waals surface area contributed by atoms with Gasteiger partial charge in [-0.1, -0.05) is 25.1 Å². The second kappa shape index (κ2) is 6.84. The van der Waals surface area contributed by atoms with E-state index in [0.717, 1.165) is 12.1 Å². The number of rotatable bonds is 7. The summed E-state index contributed by atoms with van der Waals surface area (Å²) in [5.41, 5.74) is 0.732. The van der Waals surface area contributed by atoms with Crippen LogP contribution in [0.4, 0.5) is 0 Å². The lowest BCUT2D eigenvalue weighted by Crippen LogP contribution is -2.25. The predicted octanol–water partition coefficient (Wildman–Crippen LogP) is 1.57. The normalized spacial score (nSPS) is 11.7. The van der Waals surface area contributed by atoms with Gasteiger partial charge in [-0.15, -0.1) is 0 Å². The van der Waals surface area contributed by atoms with Crippen LogP contribution < -0.4 is 10.0 Å². The Morgan fingerprint density at radius 3 is 2.67 bits per heavy atom. The molecule has 0 bridgehead atoms. The van der Waals surface area contributed by atoms with Crippen LogP contribution in [0.2, 0.25) is 0 Å². The molecule has 0 spiro atoms. The van der Waals surface area contributed by atoms with E-state index < -0.39 is 10.0 Å². The molecule has 2 rings (SSSR count). The zero-order valence-electron chi connectivity index (χ0n) is 12.1. The molecule has 1 aromatic carbocycles. The monoisotopic (exact) mass is 309 g/mol. The fourth-order valence-electron chi connectivity index (χ4n) is 1.89. The first-order valence-electron chi connectivity index (χ1n) is 6.72. The molecule has 0 amide bonds. The minimum atomic E-state index is -3.60. The van der Waals surface area contributed by atoms with Crippen LogP contribution >= 0.6 is 0 Å². The summed E-state index contributed by atoms with van der Waals surface area (Å²) in [6.07, 6.45) is 1.56. The zero-order chi connectivity index (χ0) is 15.3. The number of benzene rings is 1. The maximum atomic E-state index is 12.4. The Bertz CT molecular complexity index is 695. The molecule has 0 aliphatic heterocycles. The first-order valence-corrected chi connectivity index (χ1v) is 8.21. The van der Waals surface area contributed by atoms with Crippen LogP contribution in [0.3, 0.4) is 0 Å². The minimum Gasteiger partial charge on any atom is -0.445 e. The molecule has 6 nitrogen and oxygen atoms in total. The van der Waals surface area contributed by atoms with Crippen molar-refractivity contribution in [2.75, 3.05) is 6.54 Å². The van der Waals surface area contributed by atoms with Crippen molar-refractivity contribution < 1.29 is 12.8 Å². The smallest absolute Gasteiger partial charge is 0.241 e. The molecule has 21 heavy (non-hydrogen) atoms. The molecule has 0 aliphatic carbocycles. The number of nitrogens with one attached hydrogen (secondary N) is 2. The summed E-state index contributed by atoms with van der Waals surface area (Å²) < 4.78 is 32.5. The number of oxazole rings is 1. The number of aryl methyl sites for hydroxylation is 1. The Morgan fingerprint density at radius 1 is 1.24 bits per heavy atom. The van der Waals surface area contributed by atoms with Gasteiger partial charge in [-0.3, -0.25) is 0 Å². The van der Waals surface area contributed by atoms with Crippen molar-refractivity contribution in [3.05, 3.63) is 47.7 Å². The Morgan fingerprint density at radius 2 is 2.00 bits per heavy atom. The molecule has 1 heterocycles. The van der Waals surface area contributed by atoms with E-state index in [4.69, 9.17) is 4.42 Å². The van der Waals surface area contributed by atoms with E-state index in [-0.39, 0.29) is 11.4 Å². The molecule has 7 heteroatoms. The van der Waals surface area contributed by atoms with Crippen molar-refractivity contribution in [1.82, 2.24) is 15.0 Å². The highest BCUT2D eigenvalue weighted by Crippen LogP contribution is 2.15. The molecule has 0 radical (unpaired) electrons. The van der Waals surface area contributed by atoms with Gasteiger partial charge in [0.1, 0.15) is 5.76 Å². The largest absolute Gasteiger partial charge is 0.445 e. The van der Waals surface area contributed by atoms with Crippen molar-refractivity contribution in [3.63, 3.8) is 0 Å². The Balaban J connectivity index is 2.15. The Labute approximate surface area is 124 Å². The van der Waals surface area contributed by atoms with Crippen molar-refractivity contribution in [2.24, 2.45) is 0 Å². The molecule has 0 saturated heterocycles. The van der Waals surface area contributed by atoms with Crippen molar-refractivity contribution >= 4 is 10.0 Å². The third kappa shape index (κ3) is 4.13. The molecule has 1 aromatic heterocycles. The number of aromatic nitrogens is 1. The summed E-state index contributed by atoms with van der Waals surface area (Å²) in [4.78, 5) is 4.25. The quantitative estimate of drug-likeness (QED) is 0.811. The summed E-state index contributed by atoms with van der Waals surface area (Å²) in [5.74, 6) is 0.997. The number of hydrogen-bond donors (Lipinski definition) is 2. The third-order valence-corrected chi connectivity index (χ3v) is 4.41. The lowest BCUT2D eigenvalue weighted by Gasteiger charge is -2.11. The van der Waals surface area contributed by atoms with Gasteiger partial charge in [0.15, 0.2) is 0 Å². The number of sulfonamides is 1. The summed E-state index contributed by atoms with van der Waals surface area (Å²) in [6.45, 7) is 5.05. The van der Waals surface area contributed by atoms with E-state index in [1.807, 2.05) is 13.0 Å². The number of hydrogen-bond acceptors (Lipinski definition) is 5. The van der Waals surface area contributed by atoms with Gasteiger partial charge in [0.25, 0.3) is 0 Å². The highest BCUT2D eigenvalue weighted by Gasteiger charge is 2.18. The van der Waals surface area contributed by atoms with Gasteiger partial charge >= 0.3 is 0 Å². The van der Waals surface area contributed by atoms with E-state index in [1.165, 1.54) is 0 Å². The van der Waals surface area contributed by atoms with Gasteiger partial charge in [-0.2, -0.15) is 0 Å². The number of nitrogens with zero attached hydrogens (tertiary/aromatic N) is 1. The second-order valence-corrected chi connectivity index (χ2v) is 6.31. The maximum Gasteiger partial charge on any atom is 0.241 e. The summed E-state index contributed by atoms with van der Waals surface area (Å²) >= 11 is 0. The molecule has 2 N–H and O–H groups in total. The zero-order valence-corrected chi connectivity index (χ0v) is 12.9. The molecule has 0 saturated carbocycles. The van der Waals surface area contributed by atoms with Crippen molar-refractivity contribution in [2.45, 2.75) is 31.8 Å². The van der Waals surface area contributed by atoms with Crippen LogP contribution in [0.5, 0.6) is 0 Å². The predicted molar refractivity (Wildman–Crippen MR) is 79.1 cm³/mol. The first-order chi connectivity index (χ1) is 10.0. The fraction of sp³-hybridized carbons (Fsp3) is 0.357. The third-order valence-electron chi connectivity index (χ3n) is 2.91. The Hall–Kier alpha value is -1.70. The lowest BCUT2D eigenvalue weighted by atomic mass is 10.2. The molecule has 0 fully saturated rings. The van der Waals surface area contributed by atoms with Crippen LogP contribution in [0.15, 0.2) is 39.8 Å². The standard InChI is InChI=1S/C14H19N3O3S/c1-3-15-9-12-6-4-5-7-13(12)21(18,19)17-10-14-16-8-11(2)20-14/h4-8,15,17H,3,9-10H2,1-2H3. The van der Waals surface area contributed by atoms with Crippen LogP contribution in [0, 0.1) is 6.92 Å². The molecular formula is C14H19N3O3S. The van der Waals surface area contributed by atoms with E-state index in [1.54, 1.807) is 31.3 Å². The molecule has 0 atom stereocenters. The maximum absolute atomic E-state index is 12.4. The van der Waals surface area contributed by atoms with E-state index >= 15 is 0 Å². The summed E-state index contributed by atoms with van der Waals surface area (Å²) in [7, 11) is -3.60. The van der Waals surface area contributed by atoms with Gasteiger partial charge < -0.3 is 9.73 Å². The highest BCUT2D eigenvalue weighted by molar-refractivity contribution is 7.89. The highest BCUT2D eigenvalue weighted by atomic mass is 32.2. The van der Waals surface area contributed by atoms with Gasteiger partial charge in [0.05, 0.1) is 17.6 Å². The average Bonchev–Trinajstić information content (AvgIpc) is 2.89. The van der Waals surface area contributed by atoms with Crippen LogP contribution in [0.1, 0.15) is 24.1 Å². The first kappa shape index (κ1) is 15.7. The lowest BCUT2D eigenvalue weighted by molar-refractivity contribution is 0.463. The molecule has 0 aliphatic rings. The fourth-order valence-corrected chi connectivity index (χ4v) is 3.10. The van der Waals surface area contributed by atoms with Crippen LogP contribution in [-0.2, 0) is 23.1 Å². The average molecular weight is 309 g/mol. The topological polar surface area (TPSA) is 84.2 Å². The van der Waals surface area contributed by atoms with Crippen LogP contribution in [-0.4, -0.2) is 19.9 Å². The SMILES string of the molecule is CCNCc1ccccc1S(=O)(=O)NCc1ncc(C)o1. The molecular weight excluding hydrogens is 290 g/mol. The van der Waals surface area contributed by atoms with Crippen LogP contribution in [0.25, 0.3) is 0 Å². The van der Waals surface area contributed by atoms with E-state index in [2.05, 4.69) is 15.0 Å². The molecule has 0 unspecified atom stereocenters. The van der Waals surface area contributed by atoms with Gasteiger partial charge in [0.2, 0.25) is 15.9 Å². The van der Waals surface area contributed by atoms with E-state index in [0.29, 0.717) is 18.2 Å². The summed E-state index contributed by atoms with van der Waals surface area (Å²) in [6, 6.07) is 6.92. The molecule has 2 aromatic rings. The van der Waals surface area contributed by atoms with Gasteiger partial charge in [0, 0.05) is 6.54 Å². The second-order valence-electron chi connectivity index (χ2n) is 4.58. The van der Waals surface area contributed by atoms with Crippen molar-refractivity contribution in [3.8, 4) is 0 Å². The molecule has 114 valence electrons. The van der Waals surface area contributed by atoms with E-state index in [9.17, 15) is 8.42 Å². The van der Waals surface area contributed by atoms with Gasteiger partial charge in [-0.05, 0) is 25.1 Å². The summed E-state index contributed by atoms with van der Waals surface area (Å²) in [5, 5.41) is 3.13. The van der Waals surface area contributed by atoms with Gasteiger partial charge in [-0.25, -0.2) is 18.1 Å². The van der Waals surface area contributed by atoms with Crippen molar-refractivity contribution in [1.29, 1.82) is 0 Å². The Kier molecular flexibility index (Phi) is 5.11. The minimum absolute atomic E-state index is 0.0334.